The second-order valence-electron chi connectivity index (χ2n) is 7.26. The standard InChI is InChI=1S/C23H24N4/c1-17(15-26(2)3)27-16-21(23-22(27)10-7-11-25-23)20-12-19(13-24-14-20)18-8-5-4-6-9-18/h4-14,16-17H,15H2,1-3H3. The molecule has 3 heterocycles. The van der Waals surface area contributed by atoms with Crippen molar-refractivity contribution >= 4 is 11.0 Å². The van der Waals surface area contributed by atoms with E-state index in [4.69, 9.17) is 0 Å². The summed E-state index contributed by atoms with van der Waals surface area (Å²) in [5.74, 6) is 0. The highest BCUT2D eigenvalue weighted by atomic mass is 15.1. The van der Waals surface area contributed by atoms with E-state index >= 15 is 0 Å². The molecule has 0 N–H and O–H groups in total. The summed E-state index contributed by atoms with van der Waals surface area (Å²) >= 11 is 0. The van der Waals surface area contributed by atoms with E-state index < -0.39 is 0 Å². The Bertz CT molecular complexity index is 1050. The van der Waals surface area contributed by atoms with E-state index in [1.807, 2.05) is 30.7 Å². The van der Waals surface area contributed by atoms with Crippen LogP contribution in [0, 0.1) is 0 Å². The Kier molecular flexibility index (Phi) is 4.73. The molecule has 0 aliphatic rings. The Balaban J connectivity index is 1.83. The van der Waals surface area contributed by atoms with E-state index in [9.17, 15) is 0 Å². The van der Waals surface area contributed by atoms with Crippen LogP contribution >= 0.6 is 0 Å². The van der Waals surface area contributed by atoms with Gasteiger partial charge in [-0.3, -0.25) is 9.97 Å². The fourth-order valence-electron chi connectivity index (χ4n) is 3.65. The van der Waals surface area contributed by atoms with Crippen molar-refractivity contribution in [3.05, 3.63) is 73.3 Å². The molecule has 27 heavy (non-hydrogen) atoms. The predicted molar refractivity (Wildman–Crippen MR) is 112 cm³/mol. The Morgan fingerprint density at radius 2 is 1.74 bits per heavy atom. The molecular weight excluding hydrogens is 332 g/mol. The molecule has 4 nitrogen and oxygen atoms in total. The summed E-state index contributed by atoms with van der Waals surface area (Å²) < 4.78 is 2.33. The van der Waals surface area contributed by atoms with Gasteiger partial charge in [0.05, 0.1) is 11.0 Å². The van der Waals surface area contributed by atoms with Crippen LogP contribution < -0.4 is 0 Å². The molecule has 4 heteroatoms. The molecule has 0 fully saturated rings. The van der Waals surface area contributed by atoms with E-state index in [-0.39, 0.29) is 0 Å². The largest absolute Gasteiger partial charge is 0.341 e. The van der Waals surface area contributed by atoms with Gasteiger partial charge in [-0.15, -0.1) is 0 Å². The molecule has 0 amide bonds. The maximum atomic E-state index is 4.68. The summed E-state index contributed by atoms with van der Waals surface area (Å²) in [6, 6.07) is 17.1. The first-order valence-corrected chi connectivity index (χ1v) is 9.24. The van der Waals surface area contributed by atoms with Gasteiger partial charge in [0.2, 0.25) is 0 Å². The van der Waals surface area contributed by atoms with E-state index in [0.29, 0.717) is 6.04 Å². The maximum Gasteiger partial charge on any atom is 0.0960 e. The van der Waals surface area contributed by atoms with Crippen molar-refractivity contribution < 1.29 is 0 Å². The average Bonchev–Trinajstić information content (AvgIpc) is 3.08. The molecule has 0 aliphatic heterocycles. The average molecular weight is 356 g/mol. The Labute approximate surface area is 160 Å². The number of benzene rings is 1. The summed E-state index contributed by atoms with van der Waals surface area (Å²) in [5, 5.41) is 0. The van der Waals surface area contributed by atoms with Crippen molar-refractivity contribution in [2.75, 3.05) is 20.6 Å². The Morgan fingerprint density at radius 3 is 2.52 bits per heavy atom. The van der Waals surface area contributed by atoms with Gasteiger partial charge in [-0.1, -0.05) is 30.3 Å². The van der Waals surface area contributed by atoms with Crippen LogP contribution in [0.1, 0.15) is 13.0 Å². The first-order valence-electron chi connectivity index (χ1n) is 9.24. The molecule has 0 radical (unpaired) electrons. The van der Waals surface area contributed by atoms with Crippen molar-refractivity contribution in [1.82, 2.24) is 19.4 Å². The summed E-state index contributed by atoms with van der Waals surface area (Å²) in [6.07, 6.45) is 7.93. The van der Waals surface area contributed by atoms with Crippen LogP contribution in [-0.2, 0) is 0 Å². The molecule has 4 rings (SSSR count). The van der Waals surface area contributed by atoms with Crippen LogP contribution in [0.5, 0.6) is 0 Å². The molecule has 3 aromatic heterocycles. The topological polar surface area (TPSA) is 34.0 Å². The van der Waals surface area contributed by atoms with Crippen molar-refractivity contribution in [1.29, 1.82) is 0 Å². The van der Waals surface area contributed by atoms with Gasteiger partial charge in [0.15, 0.2) is 0 Å². The lowest BCUT2D eigenvalue weighted by Crippen LogP contribution is -2.22. The molecule has 1 aromatic carbocycles. The smallest absolute Gasteiger partial charge is 0.0960 e. The number of pyridine rings is 2. The lowest BCUT2D eigenvalue weighted by molar-refractivity contribution is 0.341. The van der Waals surface area contributed by atoms with E-state index in [0.717, 1.165) is 34.3 Å². The van der Waals surface area contributed by atoms with Gasteiger partial charge in [0, 0.05) is 54.1 Å². The van der Waals surface area contributed by atoms with Gasteiger partial charge in [0.25, 0.3) is 0 Å². The van der Waals surface area contributed by atoms with Gasteiger partial charge in [-0.25, -0.2) is 0 Å². The predicted octanol–water partition coefficient (Wildman–Crippen LogP) is 4.89. The summed E-state index contributed by atoms with van der Waals surface area (Å²) in [6.45, 7) is 3.22. The lowest BCUT2D eigenvalue weighted by Gasteiger charge is -2.19. The Morgan fingerprint density at radius 1 is 0.963 bits per heavy atom. The zero-order chi connectivity index (χ0) is 18.8. The highest BCUT2D eigenvalue weighted by Gasteiger charge is 2.16. The quantitative estimate of drug-likeness (QED) is 0.511. The molecule has 1 atom stereocenters. The normalized spacial score (nSPS) is 12.6. The van der Waals surface area contributed by atoms with Crippen LogP contribution in [-0.4, -0.2) is 40.1 Å². The first kappa shape index (κ1) is 17.4. The minimum absolute atomic E-state index is 0.353. The van der Waals surface area contributed by atoms with Gasteiger partial charge in [-0.2, -0.15) is 0 Å². The van der Waals surface area contributed by atoms with Gasteiger partial charge < -0.3 is 9.47 Å². The molecule has 136 valence electrons. The van der Waals surface area contributed by atoms with E-state index in [1.165, 1.54) is 5.56 Å². The third kappa shape index (κ3) is 3.49. The van der Waals surface area contributed by atoms with Crippen molar-refractivity contribution in [3.8, 4) is 22.3 Å². The SMILES string of the molecule is CC(CN(C)C)n1cc(-c2cncc(-c3ccccc3)c2)c2ncccc21. The molecule has 0 bridgehead atoms. The van der Waals surface area contributed by atoms with Crippen LogP contribution in [0.15, 0.2) is 73.3 Å². The van der Waals surface area contributed by atoms with E-state index in [2.05, 4.69) is 83.0 Å². The number of rotatable bonds is 5. The maximum absolute atomic E-state index is 4.68. The number of hydrogen-bond acceptors (Lipinski definition) is 3. The third-order valence-electron chi connectivity index (χ3n) is 4.85. The monoisotopic (exact) mass is 356 g/mol. The zero-order valence-corrected chi connectivity index (χ0v) is 16.0. The fraction of sp³-hybridized carbons (Fsp3) is 0.217. The molecule has 1 unspecified atom stereocenters. The van der Waals surface area contributed by atoms with Crippen LogP contribution in [0.3, 0.4) is 0 Å². The minimum Gasteiger partial charge on any atom is -0.341 e. The summed E-state index contributed by atoms with van der Waals surface area (Å²) in [7, 11) is 4.21. The minimum atomic E-state index is 0.353. The Hall–Kier alpha value is -2.98. The number of hydrogen-bond donors (Lipinski definition) is 0. The molecule has 0 saturated heterocycles. The molecule has 0 spiro atoms. The molecule has 0 saturated carbocycles. The van der Waals surface area contributed by atoms with Crippen LogP contribution in [0.25, 0.3) is 33.3 Å². The van der Waals surface area contributed by atoms with E-state index in [1.54, 1.807) is 0 Å². The van der Waals surface area contributed by atoms with Crippen molar-refractivity contribution in [2.45, 2.75) is 13.0 Å². The van der Waals surface area contributed by atoms with Crippen LogP contribution in [0.2, 0.25) is 0 Å². The number of fused-ring (bicyclic) bond motifs is 1. The summed E-state index contributed by atoms with van der Waals surface area (Å²) in [4.78, 5) is 11.4. The van der Waals surface area contributed by atoms with Gasteiger partial charge >= 0.3 is 0 Å². The van der Waals surface area contributed by atoms with Gasteiger partial charge in [-0.05, 0) is 44.8 Å². The molecule has 0 aliphatic carbocycles. The first-order chi connectivity index (χ1) is 13.1. The fourth-order valence-corrected chi connectivity index (χ4v) is 3.65. The summed E-state index contributed by atoms with van der Waals surface area (Å²) in [5.41, 5.74) is 6.69. The van der Waals surface area contributed by atoms with Crippen molar-refractivity contribution in [2.24, 2.45) is 0 Å². The second-order valence-corrected chi connectivity index (χ2v) is 7.26. The number of aromatic nitrogens is 3. The zero-order valence-electron chi connectivity index (χ0n) is 16.0. The molecular formula is C23H24N4. The highest BCUT2D eigenvalue weighted by molar-refractivity contribution is 5.93. The third-order valence-corrected chi connectivity index (χ3v) is 4.85. The second kappa shape index (κ2) is 7.33. The van der Waals surface area contributed by atoms with Crippen LogP contribution in [0.4, 0.5) is 0 Å². The lowest BCUT2D eigenvalue weighted by atomic mass is 10.0. The van der Waals surface area contributed by atoms with Crippen molar-refractivity contribution in [3.63, 3.8) is 0 Å². The van der Waals surface area contributed by atoms with Gasteiger partial charge in [0.1, 0.15) is 0 Å². The molecule has 4 aromatic rings. The number of nitrogens with zero attached hydrogens (tertiary/aromatic N) is 4. The highest BCUT2D eigenvalue weighted by Crippen LogP contribution is 2.32. The number of likely N-dealkylation sites (N-methyl/N-ethyl adjacent to an activating group) is 1.